The lowest BCUT2D eigenvalue weighted by atomic mass is 9.90. The molecule has 0 bridgehead atoms. The number of aromatic nitrogens is 2. The van der Waals surface area contributed by atoms with Crippen LogP contribution in [0.15, 0.2) is 30.5 Å². The number of urea groups is 1. The van der Waals surface area contributed by atoms with Crippen molar-refractivity contribution in [1.29, 1.82) is 0 Å². The molecule has 1 aliphatic heterocycles. The third-order valence-corrected chi connectivity index (χ3v) is 5.07. The number of rotatable bonds is 4. The summed E-state index contributed by atoms with van der Waals surface area (Å²) in [7, 11) is 0. The van der Waals surface area contributed by atoms with Crippen LogP contribution in [0.3, 0.4) is 0 Å². The van der Waals surface area contributed by atoms with Gasteiger partial charge in [0.05, 0.1) is 28.7 Å². The van der Waals surface area contributed by atoms with E-state index >= 15 is 0 Å². The van der Waals surface area contributed by atoms with E-state index in [9.17, 15) is 14.7 Å². The monoisotopic (exact) mass is 356 g/mol. The number of anilines is 1. The molecule has 7 nitrogen and oxygen atoms in total. The van der Waals surface area contributed by atoms with Crippen LogP contribution >= 0.6 is 0 Å². The van der Waals surface area contributed by atoms with Crippen LogP contribution in [-0.4, -0.2) is 44.9 Å². The lowest BCUT2D eigenvalue weighted by Crippen LogP contribution is -2.37. The topological polar surface area (TPSA) is 87.5 Å². The highest BCUT2D eigenvalue weighted by atomic mass is 16.4. The molecule has 1 unspecified atom stereocenters. The Kier molecular flexibility index (Phi) is 4.71. The van der Waals surface area contributed by atoms with E-state index in [1.165, 1.54) is 0 Å². The van der Waals surface area contributed by atoms with Crippen molar-refractivity contribution in [1.82, 2.24) is 14.7 Å². The van der Waals surface area contributed by atoms with Gasteiger partial charge in [0.1, 0.15) is 0 Å². The normalized spacial score (nSPS) is 19.6. The highest BCUT2D eigenvalue weighted by Gasteiger charge is 2.42. The summed E-state index contributed by atoms with van der Waals surface area (Å²) in [6.45, 7) is 6.35. The number of nitrogens with zero attached hydrogens (tertiary/aromatic N) is 3. The minimum absolute atomic E-state index is 0.210. The highest BCUT2D eigenvalue weighted by molar-refractivity contribution is 5.91. The zero-order valence-corrected chi connectivity index (χ0v) is 15.3. The van der Waals surface area contributed by atoms with Crippen LogP contribution in [0.5, 0.6) is 0 Å². The Balaban J connectivity index is 1.80. The first-order chi connectivity index (χ1) is 12.4. The average molecular weight is 356 g/mol. The molecular weight excluding hydrogens is 332 g/mol. The van der Waals surface area contributed by atoms with Crippen LogP contribution in [0.25, 0.3) is 5.69 Å². The number of likely N-dealkylation sites (tertiary alicyclic amines) is 1. The van der Waals surface area contributed by atoms with Crippen molar-refractivity contribution in [2.45, 2.75) is 33.6 Å². The molecule has 7 heteroatoms. The van der Waals surface area contributed by atoms with E-state index in [1.807, 2.05) is 42.8 Å². The summed E-state index contributed by atoms with van der Waals surface area (Å²) in [5.41, 5.74) is 2.76. The van der Waals surface area contributed by atoms with Gasteiger partial charge in [0, 0.05) is 13.1 Å². The first-order valence-electron chi connectivity index (χ1n) is 8.78. The van der Waals surface area contributed by atoms with E-state index in [4.69, 9.17) is 0 Å². The number of nitrogens with one attached hydrogen (secondary N) is 1. The van der Waals surface area contributed by atoms with E-state index in [1.54, 1.807) is 18.0 Å². The molecule has 0 aliphatic carbocycles. The molecule has 1 aromatic carbocycles. The van der Waals surface area contributed by atoms with Crippen molar-refractivity contribution in [3.63, 3.8) is 0 Å². The highest BCUT2D eigenvalue weighted by Crippen LogP contribution is 2.31. The Morgan fingerprint density at radius 3 is 2.69 bits per heavy atom. The molecule has 1 atom stereocenters. The third-order valence-electron chi connectivity index (χ3n) is 5.07. The quantitative estimate of drug-likeness (QED) is 0.881. The van der Waals surface area contributed by atoms with Gasteiger partial charge >= 0.3 is 12.0 Å². The summed E-state index contributed by atoms with van der Waals surface area (Å²) in [6, 6.07) is 7.66. The van der Waals surface area contributed by atoms with Gasteiger partial charge in [-0.2, -0.15) is 5.10 Å². The van der Waals surface area contributed by atoms with Gasteiger partial charge in [-0.25, -0.2) is 9.48 Å². The molecule has 2 N–H and O–H groups in total. The minimum atomic E-state index is -0.879. The summed E-state index contributed by atoms with van der Waals surface area (Å²) >= 11 is 0. The maximum absolute atomic E-state index is 12.6. The van der Waals surface area contributed by atoms with Crippen molar-refractivity contribution in [3.8, 4) is 5.69 Å². The van der Waals surface area contributed by atoms with E-state index in [0.717, 1.165) is 16.9 Å². The molecule has 1 aliphatic rings. The molecule has 138 valence electrons. The SMILES string of the molecule is CCc1c(NC(=O)N2CCC(C)(C(=O)O)C2)cnn1-c1ccccc1C. The number of carbonyl (C=O) groups excluding carboxylic acids is 1. The number of amides is 2. The summed E-state index contributed by atoms with van der Waals surface area (Å²) in [5.74, 6) is -0.866. The van der Waals surface area contributed by atoms with Crippen molar-refractivity contribution in [2.75, 3.05) is 18.4 Å². The first kappa shape index (κ1) is 18.0. The predicted octanol–water partition coefficient (Wildman–Crippen LogP) is 3.07. The molecule has 3 rings (SSSR count). The van der Waals surface area contributed by atoms with E-state index in [2.05, 4.69) is 10.4 Å². The van der Waals surface area contributed by atoms with Crippen molar-refractivity contribution in [2.24, 2.45) is 5.41 Å². The Morgan fingerprint density at radius 1 is 1.35 bits per heavy atom. The van der Waals surface area contributed by atoms with Crippen molar-refractivity contribution in [3.05, 3.63) is 41.7 Å². The molecule has 0 saturated carbocycles. The number of para-hydroxylation sites is 1. The predicted molar refractivity (Wildman–Crippen MR) is 98.6 cm³/mol. The fourth-order valence-electron chi connectivity index (χ4n) is 3.33. The smallest absolute Gasteiger partial charge is 0.321 e. The number of hydrogen-bond acceptors (Lipinski definition) is 3. The molecule has 26 heavy (non-hydrogen) atoms. The zero-order valence-electron chi connectivity index (χ0n) is 15.3. The maximum atomic E-state index is 12.6. The van der Waals surface area contributed by atoms with Crippen molar-refractivity contribution < 1.29 is 14.7 Å². The lowest BCUT2D eigenvalue weighted by molar-refractivity contribution is -0.146. The van der Waals surface area contributed by atoms with Crippen molar-refractivity contribution >= 4 is 17.7 Å². The summed E-state index contributed by atoms with van der Waals surface area (Å²) in [5, 5.41) is 16.7. The molecule has 2 heterocycles. The van der Waals surface area contributed by atoms with Gasteiger partial charge in [0.25, 0.3) is 0 Å². The summed E-state index contributed by atoms with van der Waals surface area (Å²) in [4.78, 5) is 25.5. The fourth-order valence-corrected chi connectivity index (χ4v) is 3.33. The van der Waals surface area contributed by atoms with Gasteiger partial charge in [0.15, 0.2) is 0 Å². The second kappa shape index (κ2) is 6.82. The van der Waals surface area contributed by atoms with Gasteiger partial charge in [0.2, 0.25) is 0 Å². The van der Waals surface area contributed by atoms with Crippen LogP contribution in [0, 0.1) is 12.3 Å². The first-order valence-corrected chi connectivity index (χ1v) is 8.78. The number of benzene rings is 1. The number of aliphatic carboxylic acids is 1. The molecule has 1 saturated heterocycles. The van der Waals surface area contributed by atoms with Gasteiger partial charge in [-0.1, -0.05) is 25.1 Å². The number of carboxylic acid groups (broad SMARTS) is 1. The van der Waals surface area contributed by atoms with E-state index in [-0.39, 0.29) is 12.6 Å². The standard InChI is InChI=1S/C19H24N4O3/c1-4-15-14(11-20-23(15)16-8-6-5-7-13(16)2)21-18(26)22-10-9-19(3,12-22)17(24)25/h5-8,11H,4,9-10,12H2,1-3H3,(H,21,26)(H,24,25). The molecule has 1 fully saturated rings. The molecule has 2 amide bonds. The molecular formula is C19H24N4O3. The van der Waals surface area contributed by atoms with Crippen LogP contribution in [-0.2, 0) is 11.2 Å². The van der Waals surface area contributed by atoms with Crippen LogP contribution in [0.2, 0.25) is 0 Å². The molecule has 1 aromatic heterocycles. The number of carboxylic acids is 1. The third kappa shape index (κ3) is 3.16. The van der Waals surface area contributed by atoms with Gasteiger partial charge in [-0.3, -0.25) is 4.79 Å². The zero-order chi connectivity index (χ0) is 18.9. The maximum Gasteiger partial charge on any atom is 0.321 e. The van der Waals surface area contributed by atoms with Gasteiger partial charge in [-0.05, 0) is 38.3 Å². The van der Waals surface area contributed by atoms with E-state index in [0.29, 0.717) is 25.1 Å². The Hall–Kier alpha value is -2.83. The largest absolute Gasteiger partial charge is 0.481 e. The van der Waals surface area contributed by atoms with Gasteiger partial charge < -0.3 is 15.3 Å². The number of carbonyl (C=O) groups is 2. The lowest BCUT2D eigenvalue weighted by Gasteiger charge is -2.20. The van der Waals surface area contributed by atoms with Crippen LogP contribution in [0.1, 0.15) is 31.5 Å². The second-order valence-corrected chi connectivity index (χ2v) is 7.02. The molecule has 0 spiro atoms. The molecule has 0 radical (unpaired) electrons. The molecule has 2 aromatic rings. The van der Waals surface area contributed by atoms with Crippen LogP contribution < -0.4 is 5.32 Å². The van der Waals surface area contributed by atoms with Crippen LogP contribution in [0.4, 0.5) is 10.5 Å². The summed E-state index contributed by atoms with van der Waals surface area (Å²) in [6.07, 6.45) is 2.81. The Bertz CT molecular complexity index is 845. The Labute approximate surface area is 152 Å². The Morgan fingerprint density at radius 2 is 2.08 bits per heavy atom. The minimum Gasteiger partial charge on any atom is -0.481 e. The average Bonchev–Trinajstić information content (AvgIpc) is 3.20. The number of hydrogen-bond donors (Lipinski definition) is 2. The van der Waals surface area contributed by atoms with Gasteiger partial charge in [-0.15, -0.1) is 0 Å². The fraction of sp³-hybridized carbons (Fsp3) is 0.421. The number of aryl methyl sites for hydroxylation is 1. The summed E-state index contributed by atoms with van der Waals surface area (Å²) < 4.78 is 1.84. The second-order valence-electron chi connectivity index (χ2n) is 7.02. The van der Waals surface area contributed by atoms with E-state index < -0.39 is 11.4 Å².